The lowest BCUT2D eigenvalue weighted by Gasteiger charge is -2.17. The van der Waals surface area contributed by atoms with E-state index in [0.29, 0.717) is 23.5 Å². The zero-order valence-corrected chi connectivity index (χ0v) is 21.0. The number of amides is 3. The van der Waals surface area contributed by atoms with E-state index >= 15 is 0 Å². The van der Waals surface area contributed by atoms with Gasteiger partial charge in [-0.3, -0.25) is 14.4 Å². The maximum atomic E-state index is 13.1. The van der Waals surface area contributed by atoms with E-state index in [1.54, 1.807) is 73.7 Å². The summed E-state index contributed by atoms with van der Waals surface area (Å²) in [4.78, 5) is 52.2. The number of halogens is 1. The number of esters is 1. The Labute approximate surface area is 218 Å². The molecule has 8 nitrogen and oxygen atoms in total. The number of carbonyl (C=O) groups excluding carboxylic acids is 4. The molecule has 2 N–H and O–H groups in total. The Kier molecular flexibility index (Phi) is 7.69. The molecule has 0 saturated heterocycles. The first-order valence-electron chi connectivity index (χ1n) is 11.6. The summed E-state index contributed by atoms with van der Waals surface area (Å²) in [6, 6.07) is 19.9. The Morgan fingerprint density at radius 3 is 2.43 bits per heavy atom. The van der Waals surface area contributed by atoms with Crippen molar-refractivity contribution in [2.24, 2.45) is 0 Å². The van der Waals surface area contributed by atoms with E-state index in [4.69, 9.17) is 16.3 Å². The number of para-hydroxylation sites is 2. The molecule has 1 heterocycles. The minimum Gasteiger partial charge on any atom is -0.462 e. The molecule has 188 valence electrons. The van der Waals surface area contributed by atoms with E-state index in [0.717, 1.165) is 10.5 Å². The number of imide groups is 1. The van der Waals surface area contributed by atoms with Crippen molar-refractivity contribution in [1.29, 1.82) is 0 Å². The molecule has 4 rings (SSSR count). The summed E-state index contributed by atoms with van der Waals surface area (Å²) in [6.07, 6.45) is 0.678. The van der Waals surface area contributed by atoms with Crippen LogP contribution in [0.2, 0.25) is 0 Å². The van der Waals surface area contributed by atoms with Gasteiger partial charge in [0.2, 0.25) is 0 Å². The van der Waals surface area contributed by atoms with E-state index in [9.17, 15) is 19.2 Å². The van der Waals surface area contributed by atoms with Crippen molar-refractivity contribution in [3.63, 3.8) is 0 Å². The van der Waals surface area contributed by atoms with Crippen molar-refractivity contribution >= 4 is 52.4 Å². The molecule has 0 radical (unpaired) electrons. The van der Waals surface area contributed by atoms with Crippen LogP contribution >= 0.6 is 11.6 Å². The molecular weight excluding hydrogens is 494 g/mol. The topological polar surface area (TPSA) is 105 Å². The zero-order chi connectivity index (χ0) is 26.5. The van der Waals surface area contributed by atoms with E-state index in [-0.39, 0.29) is 28.5 Å². The van der Waals surface area contributed by atoms with Gasteiger partial charge < -0.3 is 15.4 Å². The number of anilines is 3. The lowest BCUT2D eigenvalue weighted by atomic mass is 10.1. The van der Waals surface area contributed by atoms with Gasteiger partial charge in [-0.1, -0.05) is 54.9 Å². The third-order valence-electron chi connectivity index (χ3n) is 5.61. The summed E-state index contributed by atoms with van der Waals surface area (Å²) in [5, 5.41) is 5.37. The van der Waals surface area contributed by atoms with Crippen LogP contribution in [0.25, 0.3) is 0 Å². The van der Waals surface area contributed by atoms with Gasteiger partial charge in [0.05, 0.1) is 23.5 Å². The Morgan fingerprint density at radius 1 is 0.946 bits per heavy atom. The minimum atomic E-state index is -0.635. The van der Waals surface area contributed by atoms with Crippen molar-refractivity contribution in [1.82, 2.24) is 0 Å². The first-order chi connectivity index (χ1) is 17.8. The molecule has 0 unspecified atom stereocenters. The Morgan fingerprint density at radius 2 is 1.68 bits per heavy atom. The van der Waals surface area contributed by atoms with Crippen LogP contribution in [-0.4, -0.2) is 30.3 Å². The van der Waals surface area contributed by atoms with E-state index in [1.165, 1.54) is 6.07 Å². The highest BCUT2D eigenvalue weighted by molar-refractivity contribution is 6.53. The van der Waals surface area contributed by atoms with Gasteiger partial charge in [0.15, 0.2) is 0 Å². The van der Waals surface area contributed by atoms with Crippen LogP contribution in [0.15, 0.2) is 83.5 Å². The third-order valence-corrected chi connectivity index (χ3v) is 5.96. The maximum absolute atomic E-state index is 13.1. The number of ether oxygens (including phenoxy) is 1. The number of rotatable bonds is 8. The average Bonchev–Trinajstić information content (AvgIpc) is 3.11. The second-order valence-corrected chi connectivity index (χ2v) is 8.64. The van der Waals surface area contributed by atoms with Crippen LogP contribution in [0.4, 0.5) is 17.1 Å². The highest BCUT2D eigenvalue weighted by Gasteiger charge is 2.39. The molecule has 0 bridgehead atoms. The summed E-state index contributed by atoms with van der Waals surface area (Å²) in [6.45, 7) is 3.95. The van der Waals surface area contributed by atoms with Crippen LogP contribution in [-0.2, 0) is 14.3 Å². The summed E-state index contributed by atoms with van der Waals surface area (Å²) < 4.78 is 5.19. The fourth-order valence-corrected chi connectivity index (χ4v) is 3.98. The molecule has 3 aromatic carbocycles. The summed E-state index contributed by atoms with van der Waals surface area (Å²) in [7, 11) is 0. The van der Waals surface area contributed by atoms with Crippen molar-refractivity contribution in [2.75, 3.05) is 22.1 Å². The summed E-state index contributed by atoms with van der Waals surface area (Å²) >= 11 is 6.25. The molecule has 9 heteroatoms. The van der Waals surface area contributed by atoms with Crippen molar-refractivity contribution < 1.29 is 23.9 Å². The number of hydrogen-bond donors (Lipinski definition) is 2. The molecule has 0 aliphatic carbocycles. The molecule has 37 heavy (non-hydrogen) atoms. The zero-order valence-electron chi connectivity index (χ0n) is 20.2. The van der Waals surface area contributed by atoms with Gasteiger partial charge in [0, 0.05) is 11.3 Å². The minimum absolute atomic E-state index is 0.0866. The SMILES string of the molecule is CCCOC(=O)c1ccccc1NC(=O)c1cccc(NC2=C(Cl)C(=O)N(c3ccccc3C)C2=O)c1. The Bertz CT molecular complexity index is 1430. The van der Waals surface area contributed by atoms with Gasteiger partial charge in [-0.15, -0.1) is 0 Å². The van der Waals surface area contributed by atoms with Gasteiger partial charge in [0.25, 0.3) is 17.7 Å². The van der Waals surface area contributed by atoms with Crippen LogP contribution in [0.1, 0.15) is 39.6 Å². The van der Waals surface area contributed by atoms with Gasteiger partial charge in [-0.25, -0.2) is 9.69 Å². The Balaban J connectivity index is 1.53. The number of nitrogens with zero attached hydrogens (tertiary/aromatic N) is 1. The number of aryl methyl sites for hydroxylation is 1. The maximum Gasteiger partial charge on any atom is 0.340 e. The van der Waals surface area contributed by atoms with E-state index in [2.05, 4.69) is 10.6 Å². The molecule has 3 aromatic rings. The van der Waals surface area contributed by atoms with E-state index in [1.807, 2.05) is 6.92 Å². The predicted molar refractivity (Wildman–Crippen MR) is 142 cm³/mol. The van der Waals surface area contributed by atoms with Crippen molar-refractivity contribution in [3.05, 3.63) is 100 Å². The normalized spacial score (nSPS) is 13.1. The van der Waals surface area contributed by atoms with Crippen LogP contribution in [0.3, 0.4) is 0 Å². The molecule has 0 atom stereocenters. The molecule has 1 aliphatic rings. The number of carbonyl (C=O) groups is 4. The second kappa shape index (κ2) is 11.1. The molecule has 0 fully saturated rings. The summed E-state index contributed by atoms with van der Waals surface area (Å²) in [5.41, 5.74) is 2.28. The van der Waals surface area contributed by atoms with Gasteiger partial charge in [-0.05, 0) is 55.3 Å². The standard InChI is InChI=1S/C28H24ClN3O5/c1-3-15-37-28(36)20-12-5-6-13-21(20)31-25(33)18-10-8-11-19(16-18)30-24-23(29)26(34)32(27(24)35)22-14-7-4-9-17(22)2/h4-14,16,30H,3,15H2,1-2H3,(H,31,33). The van der Waals surface area contributed by atoms with Gasteiger partial charge >= 0.3 is 5.97 Å². The highest BCUT2D eigenvalue weighted by Crippen LogP contribution is 2.32. The van der Waals surface area contributed by atoms with Crippen LogP contribution in [0.5, 0.6) is 0 Å². The Hall–Kier alpha value is -4.43. The predicted octanol–water partition coefficient (Wildman–Crippen LogP) is 5.25. The molecule has 0 saturated carbocycles. The monoisotopic (exact) mass is 517 g/mol. The van der Waals surface area contributed by atoms with Crippen LogP contribution < -0.4 is 15.5 Å². The fraction of sp³-hybridized carbons (Fsp3) is 0.143. The first kappa shape index (κ1) is 25.7. The fourth-order valence-electron chi connectivity index (χ4n) is 3.76. The second-order valence-electron chi connectivity index (χ2n) is 8.26. The van der Waals surface area contributed by atoms with Crippen LogP contribution in [0, 0.1) is 6.92 Å². The highest BCUT2D eigenvalue weighted by atomic mass is 35.5. The summed E-state index contributed by atoms with van der Waals surface area (Å²) in [5.74, 6) is -2.24. The van der Waals surface area contributed by atoms with Gasteiger partial charge in [0.1, 0.15) is 10.7 Å². The molecule has 0 spiro atoms. The molecule has 0 aromatic heterocycles. The van der Waals surface area contributed by atoms with Gasteiger partial charge in [-0.2, -0.15) is 0 Å². The lowest BCUT2D eigenvalue weighted by molar-refractivity contribution is -0.120. The number of hydrogen-bond acceptors (Lipinski definition) is 6. The van der Waals surface area contributed by atoms with Crippen molar-refractivity contribution in [3.8, 4) is 0 Å². The number of nitrogens with one attached hydrogen (secondary N) is 2. The molecule has 3 amide bonds. The number of benzene rings is 3. The molecule has 1 aliphatic heterocycles. The quantitative estimate of drug-likeness (QED) is 0.312. The first-order valence-corrected chi connectivity index (χ1v) is 12.0. The molecular formula is C28H24ClN3O5. The third kappa shape index (κ3) is 5.39. The largest absolute Gasteiger partial charge is 0.462 e. The smallest absolute Gasteiger partial charge is 0.340 e. The lowest BCUT2D eigenvalue weighted by Crippen LogP contribution is -2.32. The van der Waals surface area contributed by atoms with Crippen molar-refractivity contribution in [2.45, 2.75) is 20.3 Å². The average molecular weight is 518 g/mol. The van der Waals surface area contributed by atoms with E-state index < -0.39 is 23.7 Å².